The van der Waals surface area contributed by atoms with Crippen LogP contribution in [-0.2, 0) is 0 Å². The van der Waals surface area contributed by atoms with Crippen molar-refractivity contribution in [2.75, 3.05) is 11.9 Å². The molecule has 2 N–H and O–H groups in total. The van der Waals surface area contributed by atoms with Gasteiger partial charge < -0.3 is 10.6 Å². The Bertz CT molecular complexity index is 1030. The first-order chi connectivity index (χ1) is 12.9. The van der Waals surface area contributed by atoms with Gasteiger partial charge in [0, 0.05) is 12.7 Å². The van der Waals surface area contributed by atoms with Crippen molar-refractivity contribution in [3.63, 3.8) is 0 Å². The predicted molar refractivity (Wildman–Crippen MR) is 107 cm³/mol. The number of aryl methyl sites for hydroxylation is 2. The summed E-state index contributed by atoms with van der Waals surface area (Å²) >= 11 is 6.28. The maximum Gasteiger partial charge on any atom is 0.287 e. The zero-order valence-corrected chi connectivity index (χ0v) is 15.8. The van der Waals surface area contributed by atoms with Gasteiger partial charge in [-0.25, -0.2) is 4.98 Å². The van der Waals surface area contributed by atoms with Gasteiger partial charge in [-0.15, -0.1) is 6.58 Å². The first-order valence-corrected chi connectivity index (χ1v) is 8.74. The number of anilines is 1. The number of fused-ring (bicyclic) bond motifs is 1. The molecule has 0 unspecified atom stereocenters. The lowest BCUT2D eigenvalue weighted by Crippen LogP contribution is -2.25. The molecule has 1 aromatic carbocycles. The second kappa shape index (κ2) is 7.63. The normalized spacial score (nSPS) is 10.6. The van der Waals surface area contributed by atoms with Gasteiger partial charge in [0.25, 0.3) is 11.8 Å². The van der Waals surface area contributed by atoms with Gasteiger partial charge in [-0.05, 0) is 43.2 Å². The van der Waals surface area contributed by atoms with Crippen LogP contribution in [0.1, 0.15) is 32.2 Å². The second-order valence-electron chi connectivity index (χ2n) is 6.13. The minimum atomic E-state index is -0.435. The van der Waals surface area contributed by atoms with Crippen LogP contribution < -0.4 is 10.6 Å². The maximum absolute atomic E-state index is 12.9. The highest BCUT2D eigenvalue weighted by molar-refractivity contribution is 6.34. The topological polar surface area (TPSA) is 75.5 Å². The average Bonchev–Trinajstić information content (AvgIpc) is 3.02. The number of hydrogen-bond acceptors (Lipinski definition) is 3. The van der Waals surface area contributed by atoms with Crippen molar-refractivity contribution in [3.05, 3.63) is 76.9 Å². The molecule has 27 heavy (non-hydrogen) atoms. The molecule has 2 aromatic heterocycles. The zero-order chi connectivity index (χ0) is 19.6. The SMILES string of the molecule is C=CCNC(=O)c1nc(C(=O)Nc2c(C)cc(C)cc2Cl)c2ccccn12. The standard InChI is InChI=1S/C20H19ClN4O2/c1-4-8-22-20(27)18-23-17(15-7-5-6-9-25(15)18)19(26)24-16-13(3)10-12(2)11-14(16)21/h4-7,9-11H,1,8H2,2-3H3,(H,22,27)(H,24,26). The highest BCUT2D eigenvalue weighted by atomic mass is 35.5. The molecule has 0 atom stereocenters. The summed E-state index contributed by atoms with van der Waals surface area (Å²) in [6.45, 7) is 7.68. The summed E-state index contributed by atoms with van der Waals surface area (Å²) in [6.07, 6.45) is 3.26. The number of carbonyl (C=O) groups excluding carboxylic acids is 2. The van der Waals surface area contributed by atoms with Gasteiger partial charge in [-0.3, -0.25) is 14.0 Å². The van der Waals surface area contributed by atoms with Crippen molar-refractivity contribution in [2.24, 2.45) is 0 Å². The van der Waals surface area contributed by atoms with Crippen LogP contribution in [0.3, 0.4) is 0 Å². The van der Waals surface area contributed by atoms with Gasteiger partial charge in [0.05, 0.1) is 16.2 Å². The first kappa shape index (κ1) is 18.7. The molecule has 0 aliphatic heterocycles. The van der Waals surface area contributed by atoms with E-state index in [0.717, 1.165) is 11.1 Å². The number of pyridine rings is 1. The lowest BCUT2D eigenvalue weighted by atomic mass is 10.1. The molecule has 138 valence electrons. The van der Waals surface area contributed by atoms with Crippen LogP contribution in [0.15, 0.2) is 49.2 Å². The monoisotopic (exact) mass is 382 g/mol. The zero-order valence-electron chi connectivity index (χ0n) is 15.0. The van der Waals surface area contributed by atoms with Crippen molar-refractivity contribution in [3.8, 4) is 0 Å². The Kier molecular flexibility index (Phi) is 5.28. The molecular weight excluding hydrogens is 364 g/mol. The fourth-order valence-corrected chi connectivity index (χ4v) is 3.22. The average molecular weight is 383 g/mol. The largest absolute Gasteiger partial charge is 0.346 e. The lowest BCUT2D eigenvalue weighted by molar-refractivity contribution is 0.0947. The lowest BCUT2D eigenvalue weighted by Gasteiger charge is -2.10. The van der Waals surface area contributed by atoms with Gasteiger partial charge in [-0.2, -0.15) is 0 Å². The van der Waals surface area contributed by atoms with Gasteiger partial charge in [0.15, 0.2) is 5.69 Å². The molecule has 0 bridgehead atoms. The van der Waals surface area contributed by atoms with Crippen LogP contribution >= 0.6 is 11.6 Å². The van der Waals surface area contributed by atoms with E-state index in [1.807, 2.05) is 19.9 Å². The van der Waals surface area contributed by atoms with E-state index >= 15 is 0 Å². The predicted octanol–water partition coefficient (Wildman–Crippen LogP) is 3.77. The molecule has 6 nitrogen and oxygen atoms in total. The fourth-order valence-electron chi connectivity index (χ4n) is 2.86. The van der Waals surface area contributed by atoms with Crippen LogP contribution in [0.25, 0.3) is 5.52 Å². The Morgan fingerprint density at radius 1 is 1.26 bits per heavy atom. The van der Waals surface area contributed by atoms with Gasteiger partial charge in [0.2, 0.25) is 5.82 Å². The number of nitrogens with zero attached hydrogens (tertiary/aromatic N) is 2. The Balaban J connectivity index is 2.01. The van der Waals surface area contributed by atoms with Crippen molar-refractivity contribution in [1.29, 1.82) is 0 Å². The van der Waals surface area contributed by atoms with E-state index in [1.165, 1.54) is 0 Å². The number of hydrogen-bond donors (Lipinski definition) is 2. The molecule has 7 heteroatoms. The molecule has 2 heterocycles. The molecule has 2 amide bonds. The summed E-state index contributed by atoms with van der Waals surface area (Å²) in [5.41, 5.74) is 3.06. The van der Waals surface area contributed by atoms with Gasteiger partial charge >= 0.3 is 0 Å². The minimum Gasteiger partial charge on any atom is -0.346 e. The molecule has 0 fully saturated rings. The van der Waals surface area contributed by atoms with E-state index in [-0.39, 0.29) is 17.4 Å². The number of nitrogens with one attached hydrogen (secondary N) is 2. The number of rotatable bonds is 5. The third-order valence-corrected chi connectivity index (χ3v) is 4.34. The van der Waals surface area contributed by atoms with Crippen LogP contribution in [-0.4, -0.2) is 27.7 Å². The molecule has 0 aliphatic carbocycles. The van der Waals surface area contributed by atoms with E-state index in [1.54, 1.807) is 40.9 Å². The number of carbonyl (C=O) groups is 2. The third kappa shape index (κ3) is 3.71. The first-order valence-electron chi connectivity index (χ1n) is 8.36. The van der Waals surface area contributed by atoms with Crippen molar-refractivity contribution in [1.82, 2.24) is 14.7 Å². The van der Waals surface area contributed by atoms with E-state index < -0.39 is 5.91 Å². The smallest absolute Gasteiger partial charge is 0.287 e. The molecule has 3 aromatic rings. The Morgan fingerprint density at radius 3 is 2.74 bits per heavy atom. The third-order valence-electron chi connectivity index (χ3n) is 4.04. The summed E-state index contributed by atoms with van der Waals surface area (Å²) in [5, 5.41) is 5.94. The summed E-state index contributed by atoms with van der Waals surface area (Å²) in [5.74, 6) is -0.695. The Labute approximate surface area is 161 Å². The second-order valence-corrected chi connectivity index (χ2v) is 6.54. The highest BCUT2D eigenvalue weighted by Gasteiger charge is 2.22. The molecule has 0 aliphatic rings. The number of halogens is 1. The number of aromatic nitrogens is 2. The Hall–Kier alpha value is -3.12. The summed E-state index contributed by atoms with van der Waals surface area (Å²) in [7, 11) is 0. The molecule has 0 radical (unpaired) electrons. The quantitative estimate of drug-likeness (QED) is 0.659. The van der Waals surface area contributed by atoms with Gasteiger partial charge in [-0.1, -0.05) is 29.8 Å². The molecule has 0 saturated carbocycles. The number of amides is 2. The van der Waals surface area contributed by atoms with E-state index in [4.69, 9.17) is 11.6 Å². The molecule has 0 saturated heterocycles. The van der Waals surface area contributed by atoms with Crippen molar-refractivity contribution in [2.45, 2.75) is 13.8 Å². The van der Waals surface area contributed by atoms with Crippen molar-refractivity contribution < 1.29 is 9.59 Å². The van der Waals surface area contributed by atoms with E-state index in [9.17, 15) is 9.59 Å². The maximum atomic E-state index is 12.9. The number of benzene rings is 1. The number of imidazole rings is 1. The van der Waals surface area contributed by atoms with E-state index in [2.05, 4.69) is 22.2 Å². The Morgan fingerprint density at radius 2 is 2.04 bits per heavy atom. The van der Waals surface area contributed by atoms with Crippen molar-refractivity contribution >= 4 is 34.6 Å². The van der Waals surface area contributed by atoms with E-state index in [0.29, 0.717) is 22.8 Å². The molecule has 3 rings (SSSR count). The van der Waals surface area contributed by atoms with Crippen LogP contribution in [0.2, 0.25) is 5.02 Å². The fraction of sp³-hybridized carbons (Fsp3) is 0.150. The summed E-state index contributed by atoms with van der Waals surface area (Å²) in [4.78, 5) is 29.5. The van der Waals surface area contributed by atoms with Crippen LogP contribution in [0.4, 0.5) is 5.69 Å². The summed E-state index contributed by atoms with van der Waals surface area (Å²) in [6, 6.07) is 8.99. The van der Waals surface area contributed by atoms with Gasteiger partial charge in [0.1, 0.15) is 0 Å². The van der Waals surface area contributed by atoms with Crippen LogP contribution in [0, 0.1) is 13.8 Å². The van der Waals surface area contributed by atoms with Crippen LogP contribution in [0.5, 0.6) is 0 Å². The minimum absolute atomic E-state index is 0.129. The molecule has 0 spiro atoms. The highest BCUT2D eigenvalue weighted by Crippen LogP contribution is 2.28. The summed E-state index contributed by atoms with van der Waals surface area (Å²) < 4.78 is 1.58. The molecular formula is C20H19ClN4O2.